The number of likely N-dealkylation sites (tertiary alicyclic amines) is 1. The summed E-state index contributed by atoms with van der Waals surface area (Å²) in [6.45, 7) is 3.65. The summed E-state index contributed by atoms with van der Waals surface area (Å²) in [5.41, 5.74) is 3.34. The van der Waals surface area contributed by atoms with Gasteiger partial charge in [0.1, 0.15) is 6.54 Å². The van der Waals surface area contributed by atoms with E-state index in [9.17, 15) is 14.4 Å². The molecule has 3 aliphatic rings. The van der Waals surface area contributed by atoms with Gasteiger partial charge in [0.15, 0.2) is 0 Å². The highest BCUT2D eigenvalue weighted by atomic mass is 16.2. The number of rotatable bonds is 4. The molecular formula is C22H22N4O3. The first kappa shape index (κ1) is 17.8. The lowest BCUT2D eigenvalue weighted by Crippen LogP contribution is -2.39. The lowest BCUT2D eigenvalue weighted by molar-refractivity contribution is -0.143. The summed E-state index contributed by atoms with van der Waals surface area (Å²) in [6, 6.07) is 9.33. The molecule has 1 aromatic carbocycles. The van der Waals surface area contributed by atoms with Crippen molar-refractivity contribution >= 4 is 23.4 Å². The smallest absolute Gasteiger partial charge is 0.244 e. The Morgan fingerprint density at radius 2 is 1.79 bits per heavy atom. The van der Waals surface area contributed by atoms with Crippen molar-refractivity contribution in [3.63, 3.8) is 0 Å². The molecule has 1 aromatic heterocycles. The number of carbonyl (C=O) groups excluding carboxylic acids is 3. The number of anilines is 1. The van der Waals surface area contributed by atoms with Crippen LogP contribution in [0.25, 0.3) is 5.69 Å². The first-order chi connectivity index (χ1) is 13.9. The Bertz CT molecular complexity index is 1040. The van der Waals surface area contributed by atoms with Crippen molar-refractivity contribution in [2.45, 2.75) is 20.3 Å². The molecule has 148 valence electrons. The largest absolute Gasteiger partial charge is 0.324 e. The topological polar surface area (TPSA) is 84.3 Å². The number of fused-ring (bicyclic) bond motifs is 5. The third kappa shape index (κ3) is 2.80. The van der Waals surface area contributed by atoms with Crippen LogP contribution in [-0.4, -0.2) is 38.9 Å². The summed E-state index contributed by atoms with van der Waals surface area (Å²) in [5.74, 6) is -1.05. The Morgan fingerprint density at radius 3 is 2.41 bits per heavy atom. The third-order valence-corrected chi connectivity index (χ3v) is 6.25. The minimum atomic E-state index is -0.377. The van der Waals surface area contributed by atoms with Gasteiger partial charge in [-0.1, -0.05) is 18.2 Å². The number of aryl methyl sites for hydroxylation is 2. The zero-order valence-corrected chi connectivity index (χ0v) is 16.3. The number of hydrogen-bond donors (Lipinski definition) is 1. The fourth-order valence-corrected chi connectivity index (χ4v) is 5.07. The first-order valence-corrected chi connectivity index (χ1v) is 9.89. The maximum absolute atomic E-state index is 12.7. The van der Waals surface area contributed by atoms with E-state index < -0.39 is 0 Å². The molecule has 4 atom stereocenters. The fraction of sp³-hybridized carbons (Fsp3) is 0.364. The van der Waals surface area contributed by atoms with Crippen LogP contribution in [0.3, 0.4) is 0 Å². The average Bonchev–Trinajstić information content (AvgIpc) is 3.43. The Hall–Kier alpha value is -3.22. The van der Waals surface area contributed by atoms with E-state index in [0.717, 1.165) is 28.4 Å². The van der Waals surface area contributed by atoms with Crippen molar-refractivity contribution in [3.05, 3.63) is 53.9 Å². The zero-order chi connectivity index (χ0) is 20.3. The highest BCUT2D eigenvalue weighted by Crippen LogP contribution is 2.52. The summed E-state index contributed by atoms with van der Waals surface area (Å²) in [6.07, 6.45) is 4.97. The summed E-state index contributed by atoms with van der Waals surface area (Å²) in [5, 5.41) is 7.27. The Balaban J connectivity index is 1.29. The van der Waals surface area contributed by atoms with Crippen molar-refractivity contribution in [1.82, 2.24) is 14.7 Å². The van der Waals surface area contributed by atoms with Gasteiger partial charge in [-0.3, -0.25) is 19.3 Å². The van der Waals surface area contributed by atoms with E-state index in [4.69, 9.17) is 0 Å². The lowest BCUT2D eigenvalue weighted by atomic mass is 9.85. The van der Waals surface area contributed by atoms with Crippen LogP contribution in [-0.2, 0) is 14.4 Å². The van der Waals surface area contributed by atoms with Crippen LogP contribution in [0.15, 0.2) is 42.5 Å². The number of amides is 3. The van der Waals surface area contributed by atoms with E-state index in [0.29, 0.717) is 5.69 Å². The van der Waals surface area contributed by atoms with Crippen LogP contribution in [0.5, 0.6) is 0 Å². The van der Waals surface area contributed by atoms with Gasteiger partial charge < -0.3 is 5.32 Å². The molecule has 0 radical (unpaired) electrons. The predicted octanol–water partition coefficient (Wildman–Crippen LogP) is 2.23. The Kier molecular flexibility index (Phi) is 3.94. The van der Waals surface area contributed by atoms with Crippen LogP contribution >= 0.6 is 0 Å². The number of allylic oxidation sites excluding steroid dienone is 2. The lowest BCUT2D eigenvalue weighted by Gasteiger charge is -2.17. The Labute approximate surface area is 168 Å². The van der Waals surface area contributed by atoms with Gasteiger partial charge in [0.05, 0.1) is 23.2 Å². The Morgan fingerprint density at radius 1 is 1.10 bits per heavy atom. The van der Waals surface area contributed by atoms with Crippen molar-refractivity contribution in [2.24, 2.45) is 23.7 Å². The molecule has 2 aromatic rings. The summed E-state index contributed by atoms with van der Waals surface area (Å²) < 4.78 is 1.81. The van der Waals surface area contributed by atoms with E-state index >= 15 is 0 Å². The fourth-order valence-electron chi connectivity index (χ4n) is 5.07. The predicted molar refractivity (Wildman–Crippen MR) is 106 cm³/mol. The molecule has 1 saturated carbocycles. The molecule has 1 N–H and O–H groups in total. The standard InChI is InChI=1S/C22H22N4O3/c1-12-8-13(2)26(24-12)17-5-3-4-16(10-17)23-18(27)11-25-21(28)19-14-6-7-15(9-14)20(19)22(25)29/h3-8,10,14-15,19-20H,9,11H2,1-2H3,(H,23,27)/t14-,15-,19-,20-/m0/s1. The van der Waals surface area contributed by atoms with Crippen molar-refractivity contribution in [3.8, 4) is 5.69 Å². The number of carbonyl (C=O) groups is 3. The van der Waals surface area contributed by atoms with Crippen LogP contribution < -0.4 is 5.32 Å². The van der Waals surface area contributed by atoms with E-state index in [-0.39, 0.29) is 47.9 Å². The number of imide groups is 1. The minimum absolute atomic E-state index is 0.145. The molecule has 5 rings (SSSR count). The number of nitrogens with one attached hydrogen (secondary N) is 1. The molecule has 3 amide bonds. The molecule has 0 unspecified atom stereocenters. The SMILES string of the molecule is Cc1cc(C)n(-c2cccc(NC(=O)CN3C(=O)[C@@H]4[C@@H](C3=O)[C@H]3C=C[C@H]4C3)c2)n1. The molecule has 7 nitrogen and oxygen atoms in total. The quantitative estimate of drug-likeness (QED) is 0.641. The second-order valence-corrected chi connectivity index (χ2v) is 8.20. The zero-order valence-electron chi connectivity index (χ0n) is 16.3. The number of aromatic nitrogens is 2. The van der Waals surface area contributed by atoms with Crippen molar-refractivity contribution in [2.75, 3.05) is 11.9 Å². The summed E-state index contributed by atoms with van der Waals surface area (Å²) >= 11 is 0. The van der Waals surface area contributed by atoms with Gasteiger partial charge in [-0.2, -0.15) is 5.10 Å². The number of nitrogens with zero attached hydrogens (tertiary/aromatic N) is 3. The molecule has 29 heavy (non-hydrogen) atoms. The van der Waals surface area contributed by atoms with Crippen LogP contribution in [0.4, 0.5) is 5.69 Å². The maximum Gasteiger partial charge on any atom is 0.244 e. The van der Waals surface area contributed by atoms with E-state index in [2.05, 4.69) is 10.4 Å². The highest BCUT2D eigenvalue weighted by molar-refractivity contribution is 6.09. The molecule has 7 heteroatoms. The number of benzene rings is 1. The van der Waals surface area contributed by atoms with Gasteiger partial charge >= 0.3 is 0 Å². The second kappa shape index (κ2) is 6.40. The van der Waals surface area contributed by atoms with Crippen LogP contribution in [0.2, 0.25) is 0 Å². The third-order valence-electron chi connectivity index (χ3n) is 6.25. The molecule has 2 fully saturated rings. The molecule has 1 aliphatic heterocycles. The molecule has 1 saturated heterocycles. The molecular weight excluding hydrogens is 368 g/mol. The maximum atomic E-state index is 12.7. The van der Waals surface area contributed by atoms with Gasteiger partial charge in [-0.05, 0) is 56.4 Å². The first-order valence-electron chi connectivity index (χ1n) is 9.89. The monoisotopic (exact) mass is 390 g/mol. The van der Waals surface area contributed by atoms with Gasteiger partial charge in [0.2, 0.25) is 17.7 Å². The minimum Gasteiger partial charge on any atom is -0.324 e. The normalized spacial score (nSPS) is 27.0. The molecule has 0 spiro atoms. The van der Waals surface area contributed by atoms with Crippen LogP contribution in [0.1, 0.15) is 17.8 Å². The van der Waals surface area contributed by atoms with Gasteiger partial charge in [-0.25, -0.2) is 4.68 Å². The van der Waals surface area contributed by atoms with Gasteiger partial charge in [0.25, 0.3) is 0 Å². The average molecular weight is 390 g/mol. The second-order valence-electron chi connectivity index (χ2n) is 8.20. The van der Waals surface area contributed by atoms with E-state index in [1.54, 1.807) is 6.07 Å². The molecule has 2 aliphatic carbocycles. The van der Waals surface area contributed by atoms with Crippen molar-refractivity contribution in [1.29, 1.82) is 0 Å². The van der Waals surface area contributed by atoms with E-state index in [1.165, 1.54) is 0 Å². The molecule has 2 bridgehead atoms. The highest BCUT2D eigenvalue weighted by Gasteiger charge is 2.59. The van der Waals surface area contributed by atoms with Gasteiger partial charge in [-0.15, -0.1) is 0 Å². The summed E-state index contributed by atoms with van der Waals surface area (Å²) in [7, 11) is 0. The van der Waals surface area contributed by atoms with E-state index in [1.807, 2.05) is 54.9 Å². The summed E-state index contributed by atoms with van der Waals surface area (Å²) in [4.78, 5) is 39.2. The van der Waals surface area contributed by atoms with Crippen molar-refractivity contribution < 1.29 is 14.4 Å². The molecule has 2 heterocycles. The number of hydrogen-bond acceptors (Lipinski definition) is 4. The van der Waals surface area contributed by atoms with Gasteiger partial charge in [0, 0.05) is 11.4 Å². The van der Waals surface area contributed by atoms with Crippen LogP contribution in [0, 0.1) is 37.5 Å².